The minimum Gasteiger partial charge on any atom is -0.472 e. The molecule has 1 saturated carbocycles. The van der Waals surface area contributed by atoms with Crippen LogP contribution < -0.4 is 4.74 Å². The standard InChI is InChI=1S/C15H21N3O/c1-10-11(2)17-18-14(13(10)9-16)19-12-5-7-15(3,4)8-6-12/h12H,5-8H2,1-4H3. The topological polar surface area (TPSA) is 58.8 Å². The molecule has 1 aliphatic rings. The van der Waals surface area contributed by atoms with Gasteiger partial charge in [-0.3, -0.25) is 0 Å². The van der Waals surface area contributed by atoms with Crippen molar-refractivity contribution in [2.45, 2.75) is 59.5 Å². The van der Waals surface area contributed by atoms with Gasteiger partial charge in [-0.25, -0.2) is 0 Å². The summed E-state index contributed by atoms with van der Waals surface area (Å²) in [6.07, 6.45) is 4.51. The third-order valence-corrected chi connectivity index (χ3v) is 4.10. The van der Waals surface area contributed by atoms with Gasteiger partial charge in [-0.05, 0) is 50.5 Å². The van der Waals surface area contributed by atoms with Gasteiger partial charge in [0.25, 0.3) is 5.88 Å². The molecule has 0 saturated heterocycles. The molecule has 4 heteroatoms. The van der Waals surface area contributed by atoms with Crippen LogP contribution in [-0.2, 0) is 0 Å². The normalized spacial score (nSPS) is 18.9. The smallest absolute Gasteiger partial charge is 0.252 e. The Morgan fingerprint density at radius 3 is 2.42 bits per heavy atom. The molecule has 1 aromatic rings. The summed E-state index contributed by atoms with van der Waals surface area (Å²) in [5.74, 6) is 0.398. The maximum Gasteiger partial charge on any atom is 0.252 e. The van der Waals surface area contributed by atoms with Gasteiger partial charge >= 0.3 is 0 Å². The average molecular weight is 259 g/mol. The molecule has 19 heavy (non-hydrogen) atoms. The lowest BCUT2D eigenvalue weighted by Crippen LogP contribution is -2.29. The summed E-state index contributed by atoms with van der Waals surface area (Å²) in [4.78, 5) is 0. The molecule has 0 spiro atoms. The van der Waals surface area contributed by atoms with Crippen LogP contribution in [0.15, 0.2) is 0 Å². The number of ether oxygens (including phenoxy) is 1. The first kappa shape index (κ1) is 13.8. The van der Waals surface area contributed by atoms with Gasteiger partial charge in [0, 0.05) is 0 Å². The van der Waals surface area contributed by atoms with Crippen molar-refractivity contribution < 1.29 is 4.74 Å². The first-order valence-electron chi connectivity index (χ1n) is 6.83. The summed E-state index contributed by atoms with van der Waals surface area (Å²) in [7, 11) is 0. The lowest BCUT2D eigenvalue weighted by Gasteiger charge is -2.34. The highest BCUT2D eigenvalue weighted by molar-refractivity contribution is 5.44. The fourth-order valence-electron chi connectivity index (χ4n) is 2.45. The first-order chi connectivity index (χ1) is 8.93. The third kappa shape index (κ3) is 3.04. The number of rotatable bonds is 2. The van der Waals surface area contributed by atoms with Crippen molar-refractivity contribution in [2.75, 3.05) is 0 Å². The first-order valence-corrected chi connectivity index (χ1v) is 6.83. The molecule has 1 heterocycles. The van der Waals surface area contributed by atoms with E-state index in [0.717, 1.165) is 36.9 Å². The molecule has 1 aromatic heterocycles. The van der Waals surface area contributed by atoms with Crippen molar-refractivity contribution in [3.8, 4) is 11.9 Å². The molecule has 0 aliphatic heterocycles. The van der Waals surface area contributed by atoms with Crippen LogP contribution in [-0.4, -0.2) is 16.3 Å². The number of hydrogen-bond donors (Lipinski definition) is 0. The highest BCUT2D eigenvalue weighted by Gasteiger charge is 2.28. The Labute approximate surface area is 114 Å². The van der Waals surface area contributed by atoms with Crippen molar-refractivity contribution in [3.05, 3.63) is 16.8 Å². The predicted molar refractivity (Wildman–Crippen MR) is 72.9 cm³/mol. The Kier molecular flexibility index (Phi) is 3.75. The molecule has 0 radical (unpaired) electrons. The molecule has 0 bridgehead atoms. The van der Waals surface area contributed by atoms with Crippen molar-refractivity contribution in [1.29, 1.82) is 5.26 Å². The predicted octanol–water partition coefficient (Wildman–Crippen LogP) is 3.31. The van der Waals surface area contributed by atoms with E-state index in [0.29, 0.717) is 16.9 Å². The largest absolute Gasteiger partial charge is 0.472 e. The quantitative estimate of drug-likeness (QED) is 0.817. The molecule has 0 aromatic carbocycles. The van der Waals surface area contributed by atoms with Crippen molar-refractivity contribution >= 4 is 0 Å². The highest BCUT2D eigenvalue weighted by atomic mass is 16.5. The highest BCUT2D eigenvalue weighted by Crippen LogP contribution is 2.36. The number of aromatic nitrogens is 2. The van der Waals surface area contributed by atoms with Crippen molar-refractivity contribution in [3.63, 3.8) is 0 Å². The molecular weight excluding hydrogens is 238 g/mol. The maximum absolute atomic E-state index is 9.24. The lowest BCUT2D eigenvalue weighted by molar-refractivity contribution is 0.0936. The van der Waals surface area contributed by atoms with Gasteiger partial charge in [0.05, 0.1) is 5.69 Å². The number of nitriles is 1. The molecule has 0 atom stereocenters. The van der Waals surface area contributed by atoms with E-state index in [-0.39, 0.29) is 6.10 Å². The zero-order valence-corrected chi connectivity index (χ0v) is 12.2. The zero-order chi connectivity index (χ0) is 14.0. The van der Waals surface area contributed by atoms with Crippen molar-refractivity contribution in [1.82, 2.24) is 10.2 Å². The summed E-state index contributed by atoms with van der Waals surface area (Å²) in [5, 5.41) is 17.3. The van der Waals surface area contributed by atoms with Crippen LogP contribution in [0.4, 0.5) is 0 Å². The Morgan fingerprint density at radius 2 is 1.84 bits per heavy atom. The molecule has 4 nitrogen and oxygen atoms in total. The van der Waals surface area contributed by atoms with Gasteiger partial charge in [0.2, 0.25) is 0 Å². The van der Waals surface area contributed by atoms with Gasteiger partial charge < -0.3 is 4.74 Å². The maximum atomic E-state index is 9.24. The zero-order valence-electron chi connectivity index (χ0n) is 12.2. The van der Waals surface area contributed by atoms with Crippen LogP contribution >= 0.6 is 0 Å². The van der Waals surface area contributed by atoms with E-state index >= 15 is 0 Å². The molecule has 1 fully saturated rings. The molecule has 0 N–H and O–H groups in total. The minimum absolute atomic E-state index is 0.163. The van der Waals surface area contributed by atoms with Gasteiger partial charge in [-0.2, -0.15) is 10.4 Å². The van der Waals surface area contributed by atoms with E-state index in [1.165, 1.54) is 0 Å². The van der Waals surface area contributed by atoms with Crippen LogP contribution in [0.3, 0.4) is 0 Å². The van der Waals surface area contributed by atoms with Crippen LogP contribution in [0, 0.1) is 30.6 Å². The number of aryl methyl sites for hydroxylation is 1. The number of nitrogens with zero attached hydrogens (tertiary/aromatic N) is 3. The van der Waals surface area contributed by atoms with Gasteiger partial charge in [0.1, 0.15) is 17.7 Å². The van der Waals surface area contributed by atoms with Crippen molar-refractivity contribution in [2.24, 2.45) is 5.41 Å². The fraction of sp³-hybridized carbons (Fsp3) is 0.667. The van der Waals surface area contributed by atoms with E-state index < -0.39 is 0 Å². The Bertz CT molecular complexity index is 507. The lowest BCUT2D eigenvalue weighted by atomic mass is 9.76. The van der Waals surface area contributed by atoms with E-state index in [1.807, 2.05) is 13.8 Å². The Balaban J connectivity index is 2.13. The van der Waals surface area contributed by atoms with E-state index in [9.17, 15) is 5.26 Å². The van der Waals surface area contributed by atoms with Crippen LogP contribution in [0.1, 0.15) is 56.4 Å². The molecule has 1 aliphatic carbocycles. The average Bonchev–Trinajstić information content (AvgIpc) is 2.37. The second-order valence-electron chi connectivity index (χ2n) is 6.18. The van der Waals surface area contributed by atoms with Crippen LogP contribution in [0.5, 0.6) is 5.88 Å². The van der Waals surface area contributed by atoms with Gasteiger partial charge in [-0.1, -0.05) is 13.8 Å². The molecule has 0 amide bonds. The second-order valence-corrected chi connectivity index (χ2v) is 6.18. The van der Waals surface area contributed by atoms with E-state index in [2.05, 4.69) is 30.1 Å². The van der Waals surface area contributed by atoms with Gasteiger partial charge in [-0.15, -0.1) is 5.10 Å². The van der Waals surface area contributed by atoms with E-state index in [4.69, 9.17) is 4.74 Å². The minimum atomic E-state index is 0.163. The molecular formula is C15H21N3O. The second kappa shape index (κ2) is 5.16. The summed E-state index contributed by atoms with van der Waals surface area (Å²) in [5.41, 5.74) is 2.59. The molecule has 0 unspecified atom stereocenters. The summed E-state index contributed by atoms with van der Waals surface area (Å²) >= 11 is 0. The third-order valence-electron chi connectivity index (χ3n) is 4.10. The monoisotopic (exact) mass is 259 g/mol. The van der Waals surface area contributed by atoms with Crippen LogP contribution in [0.2, 0.25) is 0 Å². The Hall–Kier alpha value is -1.63. The van der Waals surface area contributed by atoms with E-state index in [1.54, 1.807) is 0 Å². The van der Waals surface area contributed by atoms with Crippen LogP contribution in [0.25, 0.3) is 0 Å². The Morgan fingerprint density at radius 1 is 1.21 bits per heavy atom. The number of hydrogen-bond acceptors (Lipinski definition) is 4. The SMILES string of the molecule is Cc1nnc(OC2CCC(C)(C)CC2)c(C#N)c1C. The summed E-state index contributed by atoms with van der Waals surface area (Å²) < 4.78 is 5.91. The fourth-order valence-corrected chi connectivity index (χ4v) is 2.45. The van der Waals surface area contributed by atoms with Gasteiger partial charge in [0.15, 0.2) is 0 Å². The molecule has 102 valence electrons. The molecule has 2 rings (SSSR count). The summed E-state index contributed by atoms with van der Waals surface area (Å²) in [6, 6.07) is 2.18. The summed E-state index contributed by atoms with van der Waals surface area (Å²) in [6.45, 7) is 8.33.